The average Bonchev–Trinajstić information content (AvgIpc) is 3.47. The molecular formula is C76H134O6. The Morgan fingerprint density at radius 3 is 0.756 bits per heavy atom. The lowest BCUT2D eigenvalue weighted by molar-refractivity contribution is -0.167. The fourth-order valence-corrected chi connectivity index (χ4v) is 10.3. The van der Waals surface area contributed by atoms with Crippen LogP contribution in [0.5, 0.6) is 0 Å². The molecule has 6 heteroatoms. The van der Waals surface area contributed by atoms with Gasteiger partial charge < -0.3 is 14.2 Å². The van der Waals surface area contributed by atoms with Crippen molar-refractivity contribution in [3.8, 4) is 0 Å². The Hall–Kier alpha value is -3.41. The lowest BCUT2D eigenvalue weighted by Gasteiger charge is -2.18. The Kier molecular flexibility index (Phi) is 67.2. The lowest BCUT2D eigenvalue weighted by Crippen LogP contribution is -2.30. The van der Waals surface area contributed by atoms with E-state index in [1.165, 1.54) is 218 Å². The van der Waals surface area contributed by atoms with Gasteiger partial charge in [-0.15, -0.1) is 0 Å². The predicted octanol–water partition coefficient (Wildman–Crippen LogP) is 24.6. The van der Waals surface area contributed by atoms with Gasteiger partial charge in [0.05, 0.1) is 0 Å². The summed E-state index contributed by atoms with van der Waals surface area (Å²) >= 11 is 0. The van der Waals surface area contributed by atoms with E-state index in [2.05, 4.69) is 106 Å². The topological polar surface area (TPSA) is 78.9 Å². The molecule has 0 heterocycles. The molecule has 0 saturated heterocycles. The zero-order valence-electron chi connectivity index (χ0n) is 54.5. The molecule has 0 spiro atoms. The summed E-state index contributed by atoms with van der Waals surface area (Å²) in [5.41, 5.74) is 0. The van der Waals surface area contributed by atoms with E-state index >= 15 is 0 Å². The minimum atomic E-state index is -0.782. The molecule has 82 heavy (non-hydrogen) atoms. The fourth-order valence-electron chi connectivity index (χ4n) is 10.3. The van der Waals surface area contributed by atoms with E-state index in [1.807, 2.05) is 0 Å². The summed E-state index contributed by atoms with van der Waals surface area (Å²) in [6.07, 6.45) is 93.1. The van der Waals surface area contributed by atoms with Gasteiger partial charge in [-0.2, -0.15) is 0 Å². The van der Waals surface area contributed by atoms with E-state index in [9.17, 15) is 14.4 Å². The van der Waals surface area contributed by atoms with Crippen molar-refractivity contribution in [1.29, 1.82) is 0 Å². The van der Waals surface area contributed by atoms with Crippen LogP contribution in [-0.2, 0) is 28.6 Å². The fraction of sp³-hybridized carbons (Fsp3) is 0.776. The minimum absolute atomic E-state index is 0.0775. The van der Waals surface area contributed by atoms with Gasteiger partial charge in [-0.1, -0.05) is 331 Å². The molecule has 0 aromatic heterocycles. The van der Waals surface area contributed by atoms with Gasteiger partial charge in [-0.3, -0.25) is 14.4 Å². The quantitative estimate of drug-likeness (QED) is 0.0261. The molecule has 0 aromatic carbocycles. The van der Waals surface area contributed by atoms with Crippen molar-refractivity contribution in [2.45, 2.75) is 367 Å². The van der Waals surface area contributed by atoms with Crippen molar-refractivity contribution in [3.05, 3.63) is 85.1 Å². The summed E-state index contributed by atoms with van der Waals surface area (Å²) in [7, 11) is 0. The highest BCUT2D eigenvalue weighted by atomic mass is 16.6. The predicted molar refractivity (Wildman–Crippen MR) is 358 cm³/mol. The molecule has 1 unspecified atom stereocenters. The van der Waals surface area contributed by atoms with Crippen LogP contribution in [0.1, 0.15) is 361 Å². The van der Waals surface area contributed by atoms with Crippen LogP contribution in [0.3, 0.4) is 0 Å². The maximum atomic E-state index is 13.0. The molecule has 0 N–H and O–H groups in total. The van der Waals surface area contributed by atoms with E-state index in [0.29, 0.717) is 19.3 Å². The van der Waals surface area contributed by atoms with Crippen LogP contribution < -0.4 is 0 Å². The molecule has 0 aliphatic carbocycles. The van der Waals surface area contributed by atoms with Crippen molar-refractivity contribution >= 4 is 17.9 Å². The number of carbonyl (C=O) groups is 3. The van der Waals surface area contributed by atoms with Crippen LogP contribution in [0.4, 0.5) is 0 Å². The first-order valence-corrected chi connectivity index (χ1v) is 35.6. The van der Waals surface area contributed by atoms with Crippen LogP contribution >= 0.6 is 0 Å². The van der Waals surface area contributed by atoms with Gasteiger partial charge in [0.15, 0.2) is 6.10 Å². The van der Waals surface area contributed by atoms with Crippen molar-refractivity contribution in [1.82, 2.24) is 0 Å². The number of rotatable bonds is 65. The molecular weight excluding hydrogens is 1010 g/mol. The summed E-state index contributed by atoms with van der Waals surface area (Å²) < 4.78 is 17.0. The second-order valence-corrected chi connectivity index (χ2v) is 23.8. The molecule has 0 rings (SSSR count). The van der Waals surface area contributed by atoms with Crippen molar-refractivity contribution in [2.24, 2.45) is 0 Å². The largest absolute Gasteiger partial charge is 0.462 e. The Balaban J connectivity index is 4.35. The number of unbranched alkanes of at least 4 members (excludes halogenated alkanes) is 40. The van der Waals surface area contributed by atoms with E-state index in [-0.39, 0.29) is 31.1 Å². The zero-order chi connectivity index (χ0) is 59.2. The highest BCUT2D eigenvalue weighted by Gasteiger charge is 2.19. The monoisotopic (exact) mass is 1140 g/mol. The minimum Gasteiger partial charge on any atom is -0.462 e. The van der Waals surface area contributed by atoms with E-state index in [4.69, 9.17) is 14.2 Å². The van der Waals surface area contributed by atoms with Crippen LogP contribution in [-0.4, -0.2) is 37.2 Å². The third-order valence-electron chi connectivity index (χ3n) is 15.6. The van der Waals surface area contributed by atoms with Gasteiger partial charge in [-0.05, 0) is 96.3 Å². The lowest BCUT2D eigenvalue weighted by atomic mass is 10.0. The summed E-state index contributed by atoms with van der Waals surface area (Å²) in [4.78, 5) is 38.5. The highest BCUT2D eigenvalue weighted by Crippen LogP contribution is 2.18. The maximum Gasteiger partial charge on any atom is 0.306 e. The SMILES string of the molecule is CC/C=C\C/C=C\C/C=C\C/C=C\C/C=C\C/C=C\CCCCCCCCCCC(=O)OCC(COC(=O)CCCCCCCCC/C=C\CCCCCCCC)OC(=O)CCCCCCCCCCCCCCCCCCCCCC. The molecule has 0 aromatic rings. The van der Waals surface area contributed by atoms with Gasteiger partial charge in [0.1, 0.15) is 13.2 Å². The Bertz CT molecular complexity index is 1550. The molecule has 0 aliphatic rings. The standard InChI is InChI=1S/C76H134O6/c1-4-7-10-13-16-19-22-25-28-31-33-35-36-37-38-39-40-41-43-45-48-51-54-57-60-63-66-69-75(78)81-72-73(71-80-74(77)68-65-62-59-56-53-50-47-44-30-27-24-21-18-15-12-9-6-3)82-76(79)70-67-64-61-58-55-52-49-46-42-34-32-29-26-23-20-17-14-11-8-5-2/h7,10,16,19,25,27-28,30,33,35,37-38,40-41,73H,4-6,8-9,11-15,17-18,20-24,26,29,31-32,34,36,39,42-72H2,1-3H3/b10-7-,19-16-,28-25-,30-27-,35-33-,38-37-,41-40-. The molecule has 0 bridgehead atoms. The van der Waals surface area contributed by atoms with Gasteiger partial charge in [0.2, 0.25) is 0 Å². The Morgan fingerprint density at radius 1 is 0.256 bits per heavy atom. The van der Waals surface area contributed by atoms with Crippen LogP contribution in [0.25, 0.3) is 0 Å². The summed E-state index contributed by atoms with van der Waals surface area (Å²) in [6, 6.07) is 0. The van der Waals surface area contributed by atoms with Gasteiger partial charge >= 0.3 is 17.9 Å². The number of hydrogen-bond acceptors (Lipinski definition) is 6. The van der Waals surface area contributed by atoms with Gasteiger partial charge in [0, 0.05) is 19.3 Å². The van der Waals surface area contributed by atoms with Crippen LogP contribution in [0, 0.1) is 0 Å². The highest BCUT2D eigenvalue weighted by molar-refractivity contribution is 5.71. The molecule has 474 valence electrons. The van der Waals surface area contributed by atoms with E-state index in [0.717, 1.165) is 103 Å². The molecule has 6 nitrogen and oxygen atoms in total. The van der Waals surface area contributed by atoms with E-state index < -0.39 is 6.10 Å². The van der Waals surface area contributed by atoms with Crippen molar-refractivity contribution in [2.75, 3.05) is 13.2 Å². The molecule has 0 amide bonds. The molecule has 0 aliphatic heterocycles. The van der Waals surface area contributed by atoms with Crippen LogP contribution in [0.2, 0.25) is 0 Å². The van der Waals surface area contributed by atoms with Gasteiger partial charge in [-0.25, -0.2) is 0 Å². The maximum absolute atomic E-state index is 13.0. The third kappa shape index (κ3) is 67.4. The Labute approximate surface area is 509 Å². The summed E-state index contributed by atoms with van der Waals surface area (Å²) in [5.74, 6) is -0.868. The van der Waals surface area contributed by atoms with Crippen LogP contribution in [0.15, 0.2) is 85.1 Å². The van der Waals surface area contributed by atoms with Crippen molar-refractivity contribution < 1.29 is 28.6 Å². The molecule has 0 fully saturated rings. The van der Waals surface area contributed by atoms with Crippen molar-refractivity contribution in [3.63, 3.8) is 0 Å². The number of hydrogen-bond donors (Lipinski definition) is 0. The summed E-state index contributed by atoms with van der Waals surface area (Å²) in [6.45, 7) is 6.57. The number of ether oxygens (including phenoxy) is 3. The number of esters is 3. The second-order valence-electron chi connectivity index (χ2n) is 23.8. The smallest absolute Gasteiger partial charge is 0.306 e. The van der Waals surface area contributed by atoms with Gasteiger partial charge in [0.25, 0.3) is 0 Å². The normalized spacial score (nSPS) is 12.6. The first-order valence-electron chi connectivity index (χ1n) is 35.6. The summed E-state index contributed by atoms with van der Waals surface area (Å²) in [5, 5.41) is 0. The Morgan fingerprint density at radius 2 is 0.476 bits per heavy atom. The first kappa shape index (κ1) is 78.6. The van der Waals surface area contributed by atoms with E-state index in [1.54, 1.807) is 0 Å². The molecule has 0 radical (unpaired) electrons. The second kappa shape index (κ2) is 70.1. The molecule has 1 atom stereocenters. The number of carbonyl (C=O) groups excluding carboxylic acids is 3. The average molecular weight is 1140 g/mol. The third-order valence-corrected chi connectivity index (χ3v) is 15.6. The zero-order valence-corrected chi connectivity index (χ0v) is 54.5. The molecule has 0 saturated carbocycles. The number of allylic oxidation sites excluding steroid dienone is 14. The first-order chi connectivity index (χ1) is 40.5.